The van der Waals surface area contributed by atoms with Gasteiger partial charge in [-0.25, -0.2) is 4.98 Å². The molecule has 0 aliphatic carbocycles. The van der Waals surface area contributed by atoms with Crippen molar-refractivity contribution in [2.24, 2.45) is 5.73 Å². The maximum absolute atomic E-state index is 9.05. The highest BCUT2D eigenvalue weighted by atomic mass is 35.5. The van der Waals surface area contributed by atoms with Crippen molar-refractivity contribution in [1.29, 1.82) is 0 Å². The zero-order valence-electron chi connectivity index (χ0n) is 8.31. The molecule has 3 N–H and O–H groups in total. The Balaban J connectivity index is 2.75. The van der Waals surface area contributed by atoms with Crippen molar-refractivity contribution in [2.45, 2.75) is 13.0 Å². The summed E-state index contributed by atoms with van der Waals surface area (Å²) in [5.74, 6) is 0.807. The Kier molecular flexibility index (Phi) is 2.65. The predicted octanol–water partition coefficient (Wildman–Crippen LogP) is 1.29. The second kappa shape index (κ2) is 3.81. The Morgan fingerprint density at radius 3 is 3.07 bits per heavy atom. The number of hydrogen-bond donors (Lipinski definition) is 2. The molecule has 2 aromatic rings. The minimum Gasteiger partial charge on any atom is -0.394 e. The first-order valence-electron chi connectivity index (χ1n) is 4.64. The van der Waals surface area contributed by atoms with Gasteiger partial charge in [-0.2, -0.15) is 0 Å². The number of halogens is 1. The van der Waals surface area contributed by atoms with Gasteiger partial charge in [-0.15, -0.1) is 0 Å². The van der Waals surface area contributed by atoms with Gasteiger partial charge in [0.1, 0.15) is 5.82 Å². The van der Waals surface area contributed by atoms with Gasteiger partial charge < -0.3 is 15.2 Å². The van der Waals surface area contributed by atoms with Gasteiger partial charge in [0.25, 0.3) is 0 Å². The summed E-state index contributed by atoms with van der Waals surface area (Å²) in [7, 11) is 0. The number of hydrogen-bond acceptors (Lipinski definition) is 3. The average Bonchev–Trinajstić information content (AvgIpc) is 2.54. The molecule has 2 aromatic heterocycles. The van der Waals surface area contributed by atoms with E-state index in [1.807, 2.05) is 29.7 Å². The highest BCUT2D eigenvalue weighted by molar-refractivity contribution is 6.33. The second-order valence-electron chi connectivity index (χ2n) is 3.42. The predicted molar refractivity (Wildman–Crippen MR) is 59.0 cm³/mol. The van der Waals surface area contributed by atoms with Crippen LogP contribution in [0.1, 0.15) is 17.4 Å². The van der Waals surface area contributed by atoms with Crippen LogP contribution in [0.25, 0.3) is 5.52 Å². The van der Waals surface area contributed by atoms with Crippen molar-refractivity contribution >= 4 is 17.1 Å². The van der Waals surface area contributed by atoms with Crippen molar-refractivity contribution in [3.8, 4) is 0 Å². The zero-order chi connectivity index (χ0) is 11.0. The summed E-state index contributed by atoms with van der Waals surface area (Å²) in [6, 6.07) is 3.29. The number of pyridine rings is 1. The monoisotopic (exact) mass is 225 g/mol. The molecule has 0 fully saturated rings. The molecule has 0 radical (unpaired) electrons. The molecule has 5 heteroatoms. The van der Waals surface area contributed by atoms with Crippen molar-refractivity contribution in [3.05, 3.63) is 34.9 Å². The molecule has 80 valence electrons. The van der Waals surface area contributed by atoms with Crippen LogP contribution in [-0.4, -0.2) is 21.1 Å². The molecular weight excluding hydrogens is 214 g/mol. The lowest BCUT2D eigenvalue weighted by Crippen LogP contribution is -2.15. The zero-order valence-corrected chi connectivity index (χ0v) is 9.07. The van der Waals surface area contributed by atoms with E-state index in [1.165, 1.54) is 0 Å². The van der Waals surface area contributed by atoms with Crippen molar-refractivity contribution in [1.82, 2.24) is 9.38 Å². The number of nitrogens with zero attached hydrogens (tertiary/aromatic N) is 2. The van der Waals surface area contributed by atoms with Gasteiger partial charge >= 0.3 is 0 Å². The van der Waals surface area contributed by atoms with E-state index in [2.05, 4.69) is 4.98 Å². The molecule has 0 aliphatic rings. The molecule has 0 aliphatic heterocycles. The minimum atomic E-state index is -0.428. The summed E-state index contributed by atoms with van der Waals surface area (Å²) in [5, 5.41) is 9.47. The molecule has 0 amide bonds. The Labute approximate surface area is 92.3 Å². The van der Waals surface area contributed by atoms with Crippen LogP contribution in [0.5, 0.6) is 0 Å². The summed E-state index contributed by atoms with van der Waals surface area (Å²) >= 11 is 6.01. The van der Waals surface area contributed by atoms with Crippen LogP contribution in [-0.2, 0) is 0 Å². The van der Waals surface area contributed by atoms with Gasteiger partial charge in [-0.1, -0.05) is 17.7 Å². The summed E-state index contributed by atoms with van der Waals surface area (Å²) in [6.45, 7) is 1.76. The highest BCUT2D eigenvalue weighted by Crippen LogP contribution is 2.25. The van der Waals surface area contributed by atoms with Crippen LogP contribution in [0.2, 0.25) is 5.15 Å². The van der Waals surface area contributed by atoms with Gasteiger partial charge in [0, 0.05) is 6.20 Å². The molecule has 0 bridgehead atoms. The minimum absolute atomic E-state index is 0.111. The maximum atomic E-state index is 9.05. The van der Waals surface area contributed by atoms with E-state index in [9.17, 15) is 0 Å². The van der Waals surface area contributed by atoms with E-state index in [0.29, 0.717) is 5.15 Å². The molecule has 15 heavy (non-hydrogen) atoms. The molecule has 0 saturated heterocycles. The summed E-state index contributed by atoms with van der Waals surface area (Å²) in [4.78, 5) is 4.16. The fourth-order valence-corrected chi connectivity index (χ4v) is 1.98. The Hall–Kier alpha value is -1.10. The first kappa shape index (κ1) is 10.4. The van der Waals surface area contributed by atoms with Gasteiger partial charge in [0.2, 0.25) is 0 Å². The van der Waals surface area contributed by atoms with E-state index in [4.69, 9.17) is 22.4 Å². The lowest BCUT2D eigenvalue weighted by Gasteiger charge is -2.10. The third-order valence-corrected chi connectivity index (χ3v) is 2.69. The lowest BCUT2D eigenvalue weighted by atomic mass is 10.1. The van der Waals surface area contributed by atoms with Crippen LogP contribution in [0.15, 0.2) is 18.3 Å². The van der Waals surface area contributed by atoms with E-state index in [0.717, 1.165) is 16.9 Å². The van der Waals surface area contributed by atoms with Crippen molar-refractivity contribution in [2.75, 3.05) is 6.61 Å². The van der Waals surface area contributed by atoms with E-state index in [1.54, 1.807) is 0 Å². The SMILES string of the molecule is Cc1nc(Cl)c2c(C(N)CO)cccn12. The molecular formula is C10H12ClN3O. The van der Waals surface area contributed by atoms with Crippen LogP contribution in [0.3, 0.4) is 0 Å². The summed E-state index contributed by atoms with van der Waals surface area (Å²) in [5.41, 5.74) is 7.38. The molecule has 0 saturated carbocycles. The summed E-state index contributed by atoms with van der Waals surface area (Å²) < 4.78 is 1.87. The average molecular weight is 226 g/mol. The standard InChI is InChI=1S/C10H12ClN3O/c1-6-13-10(11)9-7(8(12)5-15)3-2-4-14(6)9/h2-4,8,15H,5,12H2,1H3. The Morgan fingerprint density at radius 2 is 2.40 bits per heavy atom. The van der Waals surface area contributed by atoms with Crippen LogP contribution in [0, 0.1) is 6.92 Å². The fraction of sp³-hybridized carbons (Fsp3) is 0.300. The van der Waals surface area contributed by atoms with E-state index >= 15 is 0 Å². The number of rotatable bonds is 2. The number of aromatic nitrogens is 2. The number of nitrogens with two attached hydrogens (primary N) is 1. The number of aryl methyl sites for hydroxylation is 1. The third kappa shape index (κ3) is 1.61. The summed E-state index contributed by atoms with van der Waals surface area (Å²) in [6.07, 6.45) is 1.87. The quantitative estimate of drug-likeness (QED) is 0.810. The number of aliphatic hydroxyl groups is 1. The number of aliphatic hydroxyl groups excluding tert-OH is 1. The van der Waals surface area contributed by atoms with Gasteiger partial charge in [-0.3, -0.25) is 0 Å². The molecule has 2 heterocycles. The highest BCUT2D eigenvalue weighted by Gasteiger charge is 2.14. The number of fused-ring (bicyclic) bond motifs is 1. The maximum Gasteiger partial charge on any atom is 0.155 e. The second-order valence-corrected chi connectivity index (χ2v) is 3.78. The first-order valence-corrected chi connectivity index (χ1v) is 5.02. The molecule has 2 rings (SSSR count). The largest absolute Gasteiger partial charge is 0.394 e. The first-order chi connectivity index (χ1) is 7.15. The third-order valence-electron chi connectivity index (χ3n) is 2.43. The smallest absolute Gasteiger partial charge is 0.155 e. The van der Waals surface area contributed by atoms with Crippen LogP contribution >= 0.6 is 11.6 Å². The Bertz CT molecular complexity index is 495. The molecule has 0 spiro atoms. The van der Waals surface area contributed by atoms with Crippen LogP contribution < -0.4 is 5.73 Å². The molecule has 0 aromatic carbocycles. The normalized spacial score (nSPS) is 13.3. The van der Waals surface area contributed by atoms with Gasteiger partial charge in [-0.05, 0) is 18.6 Å². The van der Waals surface area contributed by atoms with E-state index in [-0.39, 0.29) is 6.61 Å². The molecule has 1 atom stereocenters. The van der Waals surface area contributed by atoms with Gasteiger partial charge in [0.15, 0.2) is 5.15 Å². The van der Waals surface area contributed by atoms with E-state index < -0.39 is 6.04 Å². The Morgan fingerprint density at radius 1 is 1.67 bits per heavy atom. The fourth-order valence-electron chi connectivity index (χ4n) is 1.66. The molecule has 1 unspecified atom stereocenters. The lowest BCUT2D eigenvalue weighted by molar-refractivity contribution is 0.268. The van der Waals surface area contributed by atoms with Crippen molar-refractivity contribution in [3.63, 3.8) is 0 Å². The number of imidazole rings is 1. The molecule has 4 nitrogen and oxygen atoms in total. The topological polar surface area (TPSA) is 63.5 Å². The van der Waals surface area contributed by atoms with Gasteiger partial charge in [0.05, 0.1) is 18.2 Å². The van der Waals surface area contributed by atoms with Crippen LogP contribution in [0.4, 0.5) is 0 Å². The van der Waals surface area contributed by atoms with Crippen molar-refractivity contribution < 1.29 is 5.11 Å².